The molecular formula is C27H35N5O2. The Bertz CT molecular complexity index is 1120. The molecule has 1 N–H and O–H groups in total. The first-order valence-corrected chi connectivity index (χ1v) is 11.5. The Kier molecular flexibility index (Phi) is 8.35. The third-order valence-electron chi connectivity index (χ3n) is 5.83. The Hall–Kier alpha value is -3.74. The van der Waals surface area contributed by atoms with Gasteiger partial charge in [0.2, 0.25) is 5.91 Å². The number of fused-ring (bicyclic) bond motifs is 1. The van der Waals surface area contributed by atoms with Gasteiger partial charge in [-0.3, -0.25) is 4.79 Å². The van der Waals surface area contributed by atoms with E-state index in [0.717, 1.165) is 16.8 Å². The van der Waals surface area contributed by atoms with Crippen molar-refractivity contribution in [1.29, 1.82) is 0 Å². The largest absolute Gasteiger partial charge is 0.378 e. The maximum absolute atomic E-state index is 13.4. The Labute approximate surface area is 202 Å². The van der Waals surface area contributed by atoms with Crippen molar-refractivity contribution < 1.29 is 9.59 Å². The summed E-state index contributed by atoms with van der Waals surface area (Å²) < 4.78 is 0. The highest BCUT2D eigenvalue weighted by atomic mass is 16.2. The van der Waals surface area contributed by atoms with Gasteiger partial charge >= 0.3 is 6.03 Å². The minimum atomic E-state index is -0.208. The topological polar surface area (TPSA) is 62.9 Å². The highest BCUT2D eigenvalue weighted by molar-refractivity contribution is 5.85. The van der Waals surface area contributed by atoms with Gasteiger partial charge in [-0.2, -0.15) is 0 Å². The van der Waals surface area contributed by atoms with Gasteiger partial charge in [-0.15, -0.1) is 6.58 Å². The molecule has 0 spiro atoms. The molecule has 0 bridgehead atoms. The van der Waals surface area contributed by atoms with Crippen molar-refractivity contribution in [2.24, 2.45) is 0 Å². The van der Waals surface area contributed by atoms with E-state index in [-0.39, 0.29) is 18.5 Å². The summed E-state index contributed by atoms with van der Waals surface area (Å²) in [5.74, 6) is -0.0893. The van der Waals surface area contributed by atoms with E-state index in [1.54, 1.807) is 20.2 Å². The molecule has 3 aromatic rings. The fourth-order valence-corrected chi connectivity index (χ4v) is 3.92. The molecule has 7 nitrogen and oxygen atoms in total. The number of carbonyl (C=O) groups is 2. The van der Waals surface area contributed by atoms with Crippen LogP contribution in [0.1, 0.15) is 11.1 Å². The van der Waals surface area contributed by atoms with Crippen molar-refractivity contribution in [3.8, 4) is 0 Å². The number of H-pyrrole nitrogens is 1. The maximum atomic E-state index is 13.4. The number of nitrogens with zero attached hydrogens (tertiary/aromatic N) is 4. The van der Waals surface area contributed by atoms with E-state index < -0.39 is 0 Å². The fourth-order valence-electron chi connectivity index (χ4n) is 3.92. The lowest BCUT2D eigenvalue weighted by atomic mass is 10.1. The minimum absolute atomic E-state index is 0.00665. The van der Waals surface area contributed by atoms with E-state index in [0.29, 0.717) is 26.1 Å². The first-order chi connectivity index (χ1) is 16.3. The quantitative estimate of drug-likeness (QED) is 0.465. The van der Waals surface area contributed by atoms with Crippen molar-refractivity contribution in [3.63, 3.8) is 0 Å². The van der Waals surface area contributed by atoms with Crippen molar-refractivity contribution >= 4 is 28.5 Å². The van der Waals surface area contributed by atoms with Crippen LogP contribution in [0.25, 0.3) is 10.9 Å². The lowest BCUT2D eigenvalue weighted by Crippen LogP contribution is -2.46. The van der Waals surface area contributed by atoms with Crippen LogP contribution in [0.2, 0.25) is 0 Å². The van der Waals surface area contributed by atoms with E-state index in [1.807, 2.05) is 60.4 Å². The second-order valence-electron chi connectivity index (χ2n) is 8.83. The summed E-state index contributed by atoms with van der Waals surface area (Å²) in [7, 11) is 7.37. The Morgan fingerprint density at radius 1 is 0.971 bits per heavy atom. The molecule has 1 aromatic heterocycles. The normalized spacial score (nSPS) is 10.7. The molecule has 0 aliphatic rings. The van der Waals surface area contributed by atoms with E-state index in [2.05, 4.69) is 29.8 Å². The number of benzene rings is 2. The monoisotopic (exact) mass is 461 g/mol. The number of hydrogen-bond acceptors (Lipinski definition) is 3. The number of nitrogens with one attached hydrogen (secondary N) is 1. The summed E-state index contributed by atoms with van der Waals surface area (Å²) in [4.78, 5) is 36.2. The Morgan fingerprint density at radius 2 is 1.68 bits per heavy atom. The predicted molar refractivity (Wildman–Crippen MR) is 139 cm³/mol. The molecular weight excluding hydrogens is 426 g/mol. The summed E-state index contributed by atoms with van der Waals surface area (Å²) in [6.07, 6.45) is 4.37. The van der Waals surface area contributed by atoms with Crippen LogP contribution in [-0.4, -0.2) is 79.4 Å². The van der Waals surface area contributed by atoms with Crippen LogP contribution in [-0.2, 0) is 17.8 Å². The van der Waals surface area contributed by atoms with Gasteiger partial charge in [0.05, 0.1) is 0 Å². The Morgan fingerprint density at radius 3 is 2.32 bits per heavy atom. The van der Waals surface area contributed by atoms with E-state index in [4.69, 9.17) is 0 Å². The van der Waals surface area contributed by atoms with E-state index in [9.17, 15) is 9.59 Å². The van der Waals surface area contributed by atoms with Gasteiger partial charge in [0.1, 0.15) is 6.54 Å². The summed E-state index contributed by atoms with van der Waals surface area (Å²) in [6, 6.07) is 16.2. The summed E-state index contributed by atoms with van der Waals surface area (Å²) >= 11 is 0. The third kappa shape index (κ3) is 6.19. The fraction of sp³-hybridized carbons (Fsp3) is 0.333. The molecule has 0 saturated carbocycles. The predicted octanol–water partition coefficient (Wildman–Crippen LogP) is 3.97. The van der Waals surface area contributed by atoms with Gasteiger partial charge in [0, 0.05) is 70.6 Å². The van der Waals surface area contributed by atoms with Crippen LogP contribution in [0.15, 0.2) is 67.4 Å². The molecule has 0 unspecified atom stereocenters. The van der Waals surface area contributed by atoms with E-state index >= 15 is 0 Å². The summed E-state index contributed by atoms with van der Waals surface area (Å²) in [5, 5.41) is 1.17. The Balaban J connectivity index is 1.80. The van der Waals surface area contributed by atoms with Gasteiger partial charge in [-0.1, -0.05) is 36.4 Å². The summed E-state index contributed by atoms with van der Waals surface area (Å²) in [6.45, 7) is 5.09. The van der Waals surface area contributed by atoms with Crippen molar-refractivity contribution in [2.75, 3.05) is 52.7 Å². The standard InChI is InChI=1S/C27H35N5O2/c1-6-16-32(27(34)30(4)5)20-26(33)31(19-21-11-13-23(14-12-21)29(2)3)17-15-22-18-28-25-10-8-7-9-24(22)25/h6-14,18,28H,1,15-17,19-20H2,2-5H3. The number of aromatic nitrogens is 1. The number of para-hydroxylation sites is 1. The molecule has 0 atom stereocenters. The van der Waals surface area contributed by atoms with Gasteiger partial charge < -0.3 is 24.6 Å². The SMILES string of the molecule is C=CCN(CC(=O)N(CCc1c[nH]c2ccccc12)Cc1ccc(N(C)C)cc1)C(=O)N(C)C. The molecule has 1 heterocycles. The first-order valence-electron chi connectivity index (χ1n) is 11.5. The number of amides is 3. The second kappa shape index (κ2) is 11.4. The highest BCUT2D eigenvalue weighted by Gasteiger charge is 2.22. The zero-order valence-electron chi connectivity index (χ0n) is 20.6. The van der Waals surface area contributed by atoms with Gasteiger partial charge in [-0.05, 0) is 35.7 Å². The molecule has 0 radical (unpaired) electrons. The maximum Gasteiger partial charge on any atom is 0.320 e. The molecule has 0 aliphatic heterocycles. The van der Waals surface area contributed by atoms with Crippen molar-refractivity contribution in [1.82, 2.24) is 19.7 Å². The molecule has 34 heavy (non-hydrogen) atoms. The zero-order valence-corrected chi connectivity index (χ0v) is 20.6. The number of carbonyl (C=O) groups excluding carboxylic acids is 2. The summed E-state index contributed by atoms with van der Waals surface area (Å²) in [5.41, 5.74) is 4.41. The lowest BCUT2D eigenvalue weighted by molar-refractivity contribution is -0.132. The van der Waals surface area contributed by atoms with Gasteiger partial charge in [0.25, 0.3) is 0 Å². The highest BCUT2D eigenvalue weighted by Crippen LogP contribution is 2.19. The van der Waals surface area contributed by atoms with Crippen LogP contribution in [0.3, 0.4) is 0 Å². The number of urea groups is 1. The number of aromatic amines is 1. The first kappa shape index (κ1) is 24.9. The number of rotatable bonds is 10. The minimum Gasteiger partial charge on any atom is -0.378 e. The van der Waals surface area contributed by atoms with Crippen LogP contribution in [0.5, 0.6) is 0 Å². The van der Waals surface area contributed by atoms with Crippen molar-refractivity contribution in [2.45, 2.75) is 13.0 Å². The van der Waals surface area contributed by atoms with E-state index in [1.165, 1.54) is 20.7 Å². The van der Waals surface area contributed by atoms with Crippen LogP contribution < -0.4 is 4.90 Å². The third-order valence-corrected chi connectivity index (χ3v) is 5.83. The lowest BCUT2D eigenvalue weighted by Gasteiger charge is -2.29. The molecule has 0 aliphatic carbocycles. The zero-order chi connectivity index (χ0) is 24.7. The molecule has 2 aromatic carbocycles. The molecule has 0 saturated heterocycles. The van der Waals surface area contributed by atoms with Crippen molar-refractivity contribution in [3.05, 3.63) is 78.5 Å². The average molecular weight is 462 g/mol. The average Bonchev–Trinajstić information content (AvgIpc) is 3.24. The van der Waals surface area contributed by atoms with Crippen LogP contribution in [0.4, 0.5) is 10.5 Å². The smallest absolute Gasteiger partial charge is 0.320 e. The molecule has 3 rings (SSSR count). The molecule has 3 amide bonds. The van der Waals surface area contributed by atoms with Crippen LogP contribution in [0, 0.1) is 0 Å². The number of anilines is 1. The molecule has 180 valence electrons. The van der Waals surface area contributed by atoms with Crippen LogP contribution >= 0.6 is 0 Å². The number of hydrogen-bond donors (Lipinski definition) is 1. The van der Waals surface area contributed by atoms with Gasteiger partial charge in [0.15, 0.2) is 0 Å². The second-order valence-corrected chi connectivity index (χ2v) is 8.83. The van der Waals surface area contributed by atoms with Gasteiger partial charge in [-0.25, -0.2) is 4.79 Å². The molecule has 7 heteroatoms. The molecule has 0 fully saturated rings.